The van der Waals surface area contributed by atoms with E-state index in [1.807, 2.05) is 30.3 Å². The molecule has 1 N–H and O–H groups in total. The van der Waals surface area contributed by atoms with Crippen molar-refractivity contribution in [3.05, 3.63) is 78.7 Å². The van der Waals surface area contributed by atoms with Crippen LogP contribution in [0.4, 0.5) is 5.69 Å². The van der Waals surface area contributed by atoms with Crippen LogP contribution in [0.25, 0.3) is 0 Å². The van der Waals surface area contributed by atoms with Crippen molar-refractivity contribution in [3.63, 3.8) is 0 Å². The number of benzene rings is 1. The summed E-state index contributed by atoms with van der Waals surface area (Å²) in [5.41, 5.74) is 0.864. The molecule has 0 aromatic heterocycles. The Morgan fingerprint density at radius 3 is 1.54 bits per heavy atom. The number of hydrogen-bond acceptors (Lipinski definition) is 5. The molecule has 1 atom stereocenters. The normalized spacial score (nSPS) is 16.3. The average Bonchev–Trinajstić information content (AvgIpc) is 3.21. The summed E-state index contributed by atoms with van der Waals surface area (Å²) in [4.78, 5) is 25.3. The molecule has 0 aliphatic heterocycles. The van der Waals surface area contributed by atoms with Crippen LogP contribution < -0.4 is 5.32 Å². The van der Waals surface area contributed by atoms with Crippen molar-refractivity contribution in [3.8, 4) is 0 Å². The predicted molar refractivity (Wildman–Crippen MR) is 214 cm³/mol. The highest BCUT2D eigenvalue weighted by atomic mass is 16.6. The molecule has 0 aliphatic carbocycles. The summed E-state index contributed by atoms with van der Waals surface area (Å²) in [6, 6.07) is 11.0. The van der Waals surface area contributed by atoms with Gasteiger partial charge in [-0.05, 0) is 89.2 Å². The van der Waals surface area contributed by atoms with Crippen molar-refractivity contribution in [2.45, 2.75) is 174 Å². The first kappa shape index (κ1) is 32.8. The fourth-order valence-electron chi connectivity index (χ4n) is 5.07. The number of allylic oxidation sites excluding steroid dienone is 8. The zero-order valence-electron chi connectivity index (χ0n) is 39.5. The van der Waals surface area contributed by atoms with Crippen LogP contribution in [0.2, 0.25) is 0 Å². The number of carbonyl (C=O) groups excluding carboxylic acids is 2. The van der Waals surface area contributed by atoms with Gasteiger partial charge in [0.25, 0.3) is 0 Å². The second-order valence-electron chi connectivity index (χ2n) is 12.8. The minimum atomic E-state index is -0.649. The molecular weight excluding hydrogens is 630 g/mol. The zero-order chi connectivity index (χ0) is 43.0. The summed E-state index contributed by atoms with van der Waals surface area (Å²) in [5.74, 6) is -0.695. The van der Waals surface area contributed by atoms with E-state index in [0.717, 1.165) is 95.6 Å². The lowest BCUT2D eigenvalue weighted by molar-refractivity contribution is -0.158. The molecular formula is C45H73NO4. The fraction of sp³-hybridized carbons (Fsp3) is 0.644. The van der Waals surface area contributed by atoms with Gasteiger partial charge in [-0.2, -0.15) is 0 Å². The molecule has 0 aliphatic rings. The monoisotopic (exact) mass is 720 g/mol. The van der Waals surface area contributed by atoms with Crippen LogP contribution in [-0.2, 0) is 19.1 Å². The van der Waals surface area contributed by atoms with Gasteiger partial charge in [0.05, 0.1) is 17.5 Å². The van der Waals surface area contributed by atoms with Crippen molar-refractivity contribution in [2.75, 3.05) is 18.5 Å². The van der Waals surface area contributed by atoms with Crippen LogP contribution in [0.1, 0.15) is 179 Å². The van der Waals surface area contributed by atoms with Crippen LogP contribution >= 0.6 is 0 Å². The molecule has 50 heavy (non-hydrogen) atoms. The molecule has 0 spiro atoms. The quantitative estimate of drug-likeness (QED) is 0.0436. The molecule has 5 heteroatoms. The van der Waals surface area contributed by atoms with Crippen LogP contribution in [0, 0.1) is 0 Å². The highest BCUT2D eigenvalue weighted by Crippen LogP contribution is 2.12. The summed E-state index contributed by atoms with van der Waals surface area (Å²) in [5, 5.41) is 3.25. The summed E-state index contributed by atoms with van der Waals surface area (Å²) in [6.45, 7) is 4.43. The van der Waals surface area contributed by atoms with E-state index in [0.29, 0.717) is 45.1 Å². The van der Waals surface area contributed by atoms with Gasteiger partial charge in [0, 0.05) is 18.5 Å². The number of para-hydroxylation sites is 1. The maximum atomic E-state index is 12.7. The number of rotatable bonds is 34. The van der Waals surface area contributed by atoms with Crippen LogP contribution in [0.3, 0.4) is 0 Å². The summed E-state index contributed by atoms with van der Waals surface area (Å²) in [7, 11) is 0. The van der Waals surface area contributed by atoms with E-state index < -0.39 is 6.10 Å². The summed E-state index contributed by atoms with van der Waals surface area (Å²) < 4.78 is 76.2. The van der Waals surface area contributed by atoms with E-state index in [9.17, 15) is 9.59 Å². The zero-order valence-corrected chi connectivity index (χ0v) is 31.5. The highest BCUT2D eigenvalue weighted by Gasteiger charge is 2.17. The third-order valence-electron chi connectivity index (χ3n) is 8.07. The number of unbranched alkanes of at least 4 members (excludes halogenated alkanes) is 12. The first-order valence-electron chi connectivity index (χ1n) is 23.6. The molecule has 1 rings (SSSR count). The number of esters is 2. The fourth-order valence-corrected chi connectivity index (χ4v) is 5.07. The van der Waals surface area contributed by atoms with Gasteiger partial charge in [-0.15, -0.1) is 0 Å². The minimum absolute atomic E-state index is 0.0416. The maximum Gasteiger partial charge on any atom is 0.306 e. The van der Waals surface area contributed by atoms with Crippen LogP contribution in [0.15, 0.2) is 78.7 Å². The molecule has 1 unspecified atom stereocenters. The van der Waals surface area contributed by atoms with Crippen molar-refractivity contribution >= 4 is 17.6 Å². The van der Waals surface area contributed by atoms with Crippen molar-refractivity contribution < 1.29 is 30.0 Å². The van der Waals surface area contributed by atoms with Crippen molar-refractivity contribution in [2.24, 2.45) is 0 Å². The van der Waals surface area contributed by atoms with Gasteiger partial charge in [-0.3, -0.25) is 9.59 Å². The second kappa shape index (κ2) is 35.7. The lowest BCUT2D eigenvalue weighted by Gasteiger charge is -2.19. The van der Waals surface area contributed by atoms with Crippen molar-refractivity contribution in [1.29, 1.82) is 0 Å². The molecule has 1 aromatic rings. The Hall–Kier alpha value is -3.08. The molecule has 0 bridgehead atoms. The van der Waals surface area contributed by atoms with E-state index in [-0.39, 0.29) is 92.6 Å². The molecule has 0 radical (unpaired) electrons. The van der Waals surface area contributed by atoms with Crippen LogP contribution in [-0.4, -0.2) is 31.2 Å². The van der Waals surface area contributed by atoms with E-state index in [2.05, 4.69) is 19.2 Å². The third kappa shape index (κ3) is 30.9. The SMILES string of the molecule is [3H]/C(CCCCC)=C(\[3H])C/C([3H])=C(/[3H])CCCCCCCC(=O)OCC(CN[14c]1[14cH][14cH][14cH][14cH][14cH]1)OC(=O)CCCCCCC/C([3H])=C(/[3H])C/C([3H])=C(/[3H])CCCCC. The highest BCUT2D eigenvalue weighted by molar-refractivity contribution is 5.70. The molecule has 0 saturated carbocycles. The Morgan fingerprint density at radius 2 is 1.04 bits per heavy atom. The largest absolute Gasteiger partial charge is 0.462 e. The Bertz CT molecular complexity index is 1430. The van der Waals surface area contributed by atoms with Crippen molar-refractivity contribution in [1.82, 2.24) is 0 Å². The Morgan fingerprint density at radius 1 is 0.600 bits per heavy atom. The molecule has 1 aromatic carbocycles. The van der Waals surface area contributed by atoms with Gasteiger partial charge in [0.15, 0.2) is 6.10 Å². The topological polar surface area (TPSA) is 64.6 Å². The number of hydrogen-bond donors (Lipinski definition) is 1. The molecule has 0 amide bonds. The molecule has 0 saturated heterocycles. The number of nitrogens with one attached hydrogen (secondary N) is 1. The predicted octanol–water partition coefficient (Wildman–Crippen LogP) is 13.2. The Kier molecular flexibility index (Phi) is 23.4. The number of anilines is 1. The molecule has 0 heterocycles. The number of ether oxygens (including phenoxy) is 2. The Balaban J connectivity index is 2.39. The standard InChI is InChI=1S/C45H73NO4/c1-3-5-7-9-11-13-15-17-19-21-23-25-27-29-34-38-44(47)49-41-43(40-46-42-36-32-31-33-37-42)50-45(48)39-35-30-28-26-24-22-20-18-16-14-12-10-8-6-4-2/h11-14,17-20,31-33,36-37,43,46H,3-10,15-16,21-30,34-35,38-41H2,1-2H3/b13-11-,14-12-,19-17-,20-18-/i11T,12T,13T,14T,17T,18T,19T,20T,31+2,32+2,33+2,36+2,37+2,42+2. The van der Waals surface area contributed by atoms with Gasteiger partial charge in [0.1, 0.15) is 6.61 Å². The second-order valence-corrected chi connectivity index (χ2v) is 12.8. The van der Waals surface area contributed by atoms with Gasteiger partial charge in [-0.1, -0.05) is 145 Å². The molecule has 282 valence electrons. The van der Waals surface area contributed by atoms with E-state index in [1.54, 1.807) is 0 Å². The molecule has 5 nitrogen and oxygen atoms in total. The van der Waals surface area contributed by atoms with E-state index in [1.165, 1.54) is 0 Å². The van der Waals surface area contributed by atoms with Crippen LogP contribution in [0.5, 0.6) is 0 Å². The first-order chi connectivity index (χ1) is 27.9. The molecule has 0 fully saturated rings. The maximum absolute atomic E-state index is 12.7. The summed E-state index contributed by atoms with van der Waals surface area (Å²) in [6.07, 6.45) is 15.9. The third-order valence-corrected chi connectivity index (χ3v) is 8.07. The summed E-state index contributed by atoms with van der Waals surface area (Å²) >= 11 is 0. The number of carbonyl (C=O) groups is 2. The average molecular weight is 720 g/mol. The van der Waals surface area contributed by atoms with Gasteiger partial charge in [-0.25, -0.2) is 0 Å². The minimum Gasteiger partial charge on any atom is -0.462 e. The lowest BCUT2D eigenvalue weighted by atomic mass is 10.1. The first-order valence-corrected chi connectivity index (χ1v) is 19.6. The van der Waals surface area contributed by atoms with Gasteiger partial charge in [0.2, 0.25) is 0 Å². The van der Waals surface area contributed by atoms with Gasteiger partial charge < -0.3 is 14.8 Å². The lowest BCUT2D eigenvalue weighted by Crippen LogP contribution is -2.31. The Labute approximate surface area is 318 Å². The van der Waals surface area contributed by atoms with E-state index in [4.69, 9.17) is 20.4 Å². The van der Waals surface area contributed by atoms with E-state index >= 15 is 0 Å². The smallest absolute Gasteiger partial charge is 0.306 e. The van der Waals surface area contributed by atoms with Gasteiger partial charge >= 0.3 is 11.9 Å².